The maximum absolute atomic E-state index is 14.2. The topological polar surface area (TPSA) is 81.0 Å². The first kappa shape index (κ1) is 25.9. The standard InChI is InChI=1S/C27H25Cl2FN4O2/c1-14-8-18(30)21(32-11-14)13-36-22-9-15(2)23(25(29)24(22)28)17-10-20(33-12-16(17)3)19-6-7-31-26(34-19)27(4,5)35/h6-12,35H,13H2,1-5H3. The molecule has 0 saturated carbocycles. The van der Waals surface area contributed by atoms with Crippen molar-refractivity contribution in [2.24, 2.45) is 0 Å². The summed E-state index contributed by atoms with van der Waals surface area (Å²) in [4.78, 5) is 17.3. The summed E-state index contributed by atoms with van der Waals surface area (Å²) in [5.74, 6) is 0.187. The summed E-state index contributed by atoms with van der Waals surface area (Å²) in [5, 5.41) is 10.8. The van der Waals surface area contributed by atoms with Crippen LogP contribution in [0.4, 0.5) is 4.39 Å². The van der Waals surface area contributed by atoms with Gasteiger partial charge in [-0.3, -0.25) is 9.97 Å². The molecular weight excluding hydrogens is 502 g/mol. The Morgan fingerprint density at radius 2 is 1.69 bits per heavy atom. The molecule has 0 spiro atoms. The summed E-state index contributed by atoms with van der Waals surface area (Å²) in [7, 11) is 0. The Morgan fingerprint density at radius 3 is 2.39 bits per heavy atom. The normalized spacial score (nSPS) is 11.6. The molecule has 0 atom stereocenters. The van der Waals surface area contributed by atoms with Gasteiger partial charge < -0.3 is 9.84 Å². The molecule has 3 heterocycles. The first-order valence-electron chi connectivity index (χ1n) is 11.2. The lowest BCUT2D eigenvalue weighted by molar-refractivity contribution is 0.0688. The van der Waals surface area contributed by atoms with Crippen LogP contribution in [0.3, 0.4) is 0 Å². The van der Waals surface area contributed by atoms with Crippen LogP contribution in [0, 0.1) is 26.6 Å². The largest absolute Gasteiger partial charge is 0.486 e. The number of halogens is 3. The third-order valence-corrected chi connectivity index (χ3v) is 6.48. The zero-order chi connectivity index (χ0) is 26.2. The van der Waals surface area contributed by atoms with Crippen molar-refractivity contribution in [1.82, 2.24) is 19.9 Å². The number of hydrogen-bond donors (Lipinski definition) is 1. The average molecular weight is 527 g/mol. The van der Waals surface area contributed by atoms with Gasteiger partial charge in [0.1, 0.15) is 34.5 Å². The molecule has 36 heavy (non-hydrogen) atoms. The van der Waals surface area contributed by atoms with Crippen LogP contribution in [0.15, 0.2) is 42.9 Å². The number of hydrogen-bond acceptors (Lipinski definition) is 6. The monoisotopic (exact) mass is 526 g/mol. The fourth-order valence-corrected chi connectivity index (χ4v) is 4.25. The summed E-state index contributed by atoms with van der Waals surface area (Å²) < 4.78 is 20.0. The molecule has 4 rings (SSSR count). The average Bonchev–Trinajstić information content (AvgIpc) is 2.82. The molecule has 0 bridgehead atoms. The number of aromatic nitrogens is 4. The number of nitrogens with zero attached hydrogens (tertiary/aromatic N) is 4. The number of rotatable bonds is 6. The first-order valence-corrected chi connectivity index (χ1v) is 12.0. The summed E-state index contributed by atoms with van der Waals surface area (Å²) in [6.07, 6.45) is 4.90. The lowest BCUT2D eigenvalue weighted by Crippen LogP contribution is -2.19. The lowest BCUT2D eigenvalue weighted by atomic mass is 9.96. The Labute approximate surface area is 219 Å². The molecule has 1 N–H and O–H groups in total. The summed E-state index contributed by atoms with van der Waals surface area (Å²) in [6, 6.07) is 6.78. The molecule has 3 aromatic heterocycles. The number of aryl methyl sites for hydroxylation is 3. The van der Waals surface area contributed by atoms with Crippen molar-refractivity contribution in [3.05, 3.63) is 86.9 Å². The molecular formula is C27H25Cl2FN4O2. The second-order valence-electron chi connectivity index (χ2n) is 9.13. The summed E-state index contributed by atoms with van der Waals surface area (Å²) >= 11 is 13.3. The SMILES string of the molecule is Cc1cnc(COc2cc(C)c(-c3cc(-c4ccnc(C(C)(C)O)n4)ncc3C)c(Cl)c2Cl)c(F)c1. The third-order valence-electron chi connectivity index (χ3n) is 5.63. The lowest BCUT2D eigenvalue weighted by Gasteiger charge is -2.18. The van der Waals surface area contributed by atoms with Crippen LogP contribution in [0.2, 0.25) is 10.0 Å². The Bertz CT molecular complexity index is 1450. The fourth-order valence-electron chi connectivity index (χ4n) is 3.70. The van der Waals surface area contributed by atoms with Crippen LogP contribution < -0.4 is 4.74 Å². The van der Waals surface area contributed by atoms with E-state index in [1.54, 1.807) is 51.5 Å². The molecule has 0 amide bonds. The van der Waals surface area contributed by atoms with Crippen molar-refractivity contribution >= 4 is 23.2 Å². The van der Waals surface area contributed by atoms with Gasteiger partial charge in [-0.25, -0.2) is 14.4 Å². The molecule has 1 aromatic carbocycles. The molecule has 0 radical (unpaired) electrons. The van der Waals surface area contributed by atoms with Crippen molar-refractivity contribution in [1.29, 1.82) is 0 Å². The minimum Gasteiger partial charge on any atom is -0.486 e. The highest BCUT2D eigenvalue weighted by Gasteiger charge is 2.22. The Kier molecular flexibility index (Phi) is 7.27. The van der Waals surface area contributed by atoms with Crippen molar-refractivity contribution in [3.8, 4) is 28.3 Å². The van der Waals surface area contributed by atoms with Crippen LogP contribution in [0.1, 0.15) is 42.1 Å². The Hall–Kier alpha value is -3.13. The van der Waals surface area contributed by atoms with Gasteiger partial charge >= 0.3 is 0 Å². The molecule has 9 heteroatoms. The second-order valence-corrected chi connectivity index (χ2v) is 9.89. The minimum absolute atomic E-state index is 0.0867. The molecule has 0 unspecified atom stereocenters. The van der Waals surface area contributed by atoms with Crippen LogP contribution >= 0.6 is 23.2 Å². The molecule has 0 aliphatic rings. The van der Waals surface area contributed by atoms with E-state index in [9.17, 15) is 9.50 Å². The van der Waals surface area contributed by atoms with Gasteiger partial charge in [0.15, 0.2) is 5.82 Å². The van der Waals surface area contributed by atoms with E-state index < -0.39 is 11.4 Å². The second kappa shape index (κ2) is 10.1. The summed E-state index contributed by atoms with van der Waals surface area (Å²) in [6.45, 7) is 8.75. The van der Waals surface area contributed by atoms with E-state index in [2.05, 4.69) is 19.9 Å². The molecule has 0 fully saturated rings. The molecule has 4 aromatic rings. The number of pyridine rings is 2. The predicted molar refractivity (Wildman–Crippen MR) is 139 cm³/mol. The highest BCUT2D eigenvalue weighted by Crippen LogP contribution is 2.43. The van der Waals surface area contributed by atoms with Gasteiger partial charge in [0.2, 0.25) is 0 Å². The molecule has 6 nitrogen and oxygen atoms in total. The smallest absolute Gasteiger partial charge is 0.160 e. The summed E-state index contributed by atoms with van der Waals surface area (Å²) in [5.41, 5.74) is 4.13. The first-order chi connectivity index (χ1) is 17.0. The maximum Gasteiger partial charge on any atom is 0.160 e. The number of ether oxygens (including phenoxy) is 1. The third kappa shape index (κ3) is 5.33. The van der Waals surface area contributed by atoms with Crippen LogP contribution in [-0.2, 0) is 12.2 Å². The minimum atomic E-state index is -1.19. The van der Waals surface area contributed by atoms with Crippen molar-refractivity contribution < 1.29 is 14.2 Å². The quantitative estimate of drug-likeness (QED) is 0.298. The maximum atomic E-state index is 14.2. The van der Waals surface area contributed by atoms with Gasteiger partial charge in [-0.2, -0.15) is 0 Å². The molecule has 186 valence electrons. The zero-order valence-corrected chi connectivity index (χ0v) is 22.0. The molecule has 0 aliphatic carbocycles. The van der Waals surface area contributed by atoms with Crippen LogP contribution in [-0.4, -0.2) is 25.0 Å². The highest BCUT2D eigenvalue weighted by atomic mass is 35.5. The van der Waals surface area contributed by atoms with Gasteiger partial charge in [-0.1, -0.05) is 23.2 Å². The number of benzene rings is 1. The van der Waals surface area contributed by atoms with E-state index in [4.69, 9.17) is 27.9 Å². The van der Waals surface area contributed by atoms with Crippen molar-refractivity contribution in [2.45, 2.75) is 46.8 Å². The van der Waals surface area contributed by atoms with Gasteiger partial charge in [-0.15, -0.1) is 0 Å². The zero-order valence-electron chi connectivity index (χ0n) is 20.5. The van der Waals surface area contributed by atoms with E-state index in [-0.39, 0.29) is 17.3 Å². The Balaban J connectivity index is 1.71. The van der Waals surface area contributed by atoms with Gasteiger partial charge in [0.05, 0.1) is 16.4 Å². The Morgan fingerprint density at radius 1 is 0.944 bits per heavy atom. The van der Waals surface area contributed by atoms with E-state index in [1.807, 2.05) is 19.9 Å². The predicted octanol–water partition coefficient (Wildman–Crippen LogP) is 6.78. The van der Waals surface area contributed by atoms with Crippen LogP contribution in [0.25, 0.3) is 22.5 Å². The van der Waals surface area contributed by atoms with Crippen molar-refractivity contribution in [3.63, 3.8) is 0 Å². The molecule has 0 aliphatic heterocycles. The van der Waals surface area contributed by atoms with E-state index in [1.165, 1.54) is 6.07 Å². The van der Waals surface area contributed by atoms with Gasteiger partial charge in [0, 0.05) is 24.2 Å². The van der Waals surface area contributed by atoms with E-state index >= 15 is 0 Å². The molecule has 0 saturated heterocycles. The van der Waals surface area contributed by atoms with E-state index in [0.717, 1.165) is 27.8 Å². The van der Waals surface area contributed by atoms with E-state index in [0.29, 0.717) is 28.0 Å². The fraction of sp³-hybridized carbons (Fsp3) is 0.259. The van der Waals surface area contributed by atoms with Gasteiger partial charge in [0.25, 0.3) is 0 Å². The van der Waals surface area contributed by atoms with Crippen molar-refractivity contribution in [2.75, 3.05) is 0 Å². The van der Waals surface area contributed by atoms with Crippen LogP contribution in [0.5, 0.6) is 5.75 Å². The number of aliphatic hydroxyl groups is 1. The highest BCUT2D eigenvalue weighted by molar-refractivity contribution is 6.44. The van der Waals surface area contributed by atoms with Gasteiger partial charge in [-0.05, 0) is 81.1 Å².